The van der Waals surface area contributed by atoms with Crippen molar-refractivity contribution in [1.82, 2.24) is 16.0 Å². The van der Waals surface area contributed by atoms with E-state index >= 15 is 0 Å². The normalized spacial score (nSPS) is 13.7. The summed E-state index contributed by atoms with van der Waals surface area (Å²) in [6.45, 7) is 0.483. The first-order valence-corrected chi connectivity index (χ1v) is 15.9. The number of unbranched alkanes of at least 4 members (excludes halogenated alkanes) is 1. The van der Waals surface area contributed by atoms with E-state index in [1.165, 1.54) is 11.3 Å². The van der Waals surface area contributed by atoms with Gasteiger partial charge in [-0.05, 0) is 66.2 Å². The molecule has 3 rings (SSSR count). The van der Waals surface area contributed by atoms with Crippen LogP contribution in [0.15, 0.2) is 66.0 Å². The number of nitrogens with one attached hydrogen (secondary N) is 3. The quantitative estimate of drug-likeness (QED) is 0.121. The minimum atomic E-state index is -1.11. The van der Waals surface area contributed by atoms with E-state index in [2.05, 4.69) is 16.0 Å². The lowest BCUT2D eigenvalue weighted by atomic mass is 10.0. The van der Waals surface area contributed by atoms with Gasteiger partial charge in [-0.3, -0.25) is 19.2 Å². The molecule has 0 spiro atoms. The Balaban J connectivity index is 1.84. The molecule has 2 aromatic carbocycles. The van der Waals surface area contributed by atoms with Gasteiger partial charge < -0.3 is 33.2 Å². The second-order valence-electron chi connectivity index (χ2n) is 10.4. The smallest absolute Gasteiger partial charge is 0.243 e. The monoisotopic (exact) mass is 660 g/mol. The maximum atomic E-state index is 13.8. The molecule has 4 amide bonds. The van der Waals surface area contributed by atoms with Gasteiger partial charge in [0.25, 0.3) is 0 Å². The lowest BCUT2D eigenvalue weighted by molar-refractivity contribution is -0.133. The zero-order chi connectivity index (χ0) is 32.1. The number of amides is 4. The standard InChI is InChI=1S/C31H38Cl2N6O4S/c32-21-10-6-19(7-11-21)16-26(38-29(41)24(35)5-1-2-14-34)31(43)39-27(17-20-8-12-22(33)13-9-20)30(42)37-25(28(36)40)18-23-4-3-15-44-23/h3-4,6-13,15,24-27H,1-2,5,14,16-18,34-35H2,(H2,36,40)(H,37,42)(H,38,41)(H,39,43). The molecule has 0 saturated carbocycles. The molecule has 0 radical (unpaired) electrons. The first-order valence-electron chi connectivity index (χ1n) is 14.2. The Kier molecular flexibility index (Phi) is 14.1. The van der Waals surface area contributed by atoms with Gasteiger partial charge in [0.2, 0.25) is 23.6 Å². The third kappa shape index (κ3) is 11.5. The third-order valence-corrected chi connectivity index (χ3v) is 8.33. The lowest BCUT2D eigenvalue weighted by Gasteiger charge is -2.26. The van der Waals surface area contributed by atoms with Crippen molar-refractivity contribution < 1.29 is 19.2 Å². The lowest BCUT2D eigenvalue weighted by Crippen LogP contribution is -2.58. The summed E-state index contributed by atoms with van der Waals surface area (Å²) in [5, 5.41) is 11.1. The van der Waals surface area contributed by atoms with Gasteiger partial charge in [0.05, 0.1) is 6.04 Å². The Bertz CT molecular complexity index is 1370. The Hall–Kier alpha value is -3.48. The fourth-order valence-corrected chi connectivity index (χ4v) is 5.45. The molecule has 1 heterocycles. The van der Waals surface area contributed by atoms with Crippen molar-refractivity contribution in [2.24, 2.45) is 17.2 Å². The van der Waals surface area contributed by atoms with Crippen LogP contribution in [-0.4, -0.2) is 54.3 Å². The molecular weight excluding hydrogens is 623 g/mol. The van der Waals surface area contributed by atoms with Crippen molar-refractivity contribution in [2.45, 2.75) is 62.7 Å². The Morgan fingerprint density at radius 3 is 1.66 bits per heavy atom. The van der Waals surface area contributed by atoms with Crippen LogP contribution in [-0.2, 0) is 38.4 Å². The van der Waals surface area contributed by atoms with Crippen LogP contribution in [0.3, 0.4) is 0 Å². The van der Waals surface area contributed by atoms with Crippen molar-refractivity contribution >= 4 is 58.2 Å². The number of benzene rings is 2. The maximum absolute atomic E-state index is 13.8. The van der Waals surface area contributed by atoms with E-state index < -0.39 is 47.8 Å². The van der Waals surface area contributed by atoms with Crippen molar-refractivity contribution in [1.29, 1.82) is 0 Å². The highest BCUT2D eigenvalue weighted by Gasteiger charge is 2.30. The highest BCUT2D eigenvalue weighted by Crippen LogP contribution is 2.15. The van der Waals surface area contributed by atoms with Gasteiger partial charge in [-0.25, -0.2) is 0 Å². The predicted molar refractivity (Wildman–Crippen MR) is 174 cm³/mol. The predicted octanol–water partition coefficient (Wildman–Crippen LogP) is 2.48. The number of rotatable bonds is 17. The van der Waals surface area contributed by atoms with E-state index in [1.807, 2.05) is 17.5 Å². The first kappa shape index (κ1) is 35.0. The summed E-state index contributed by atoms with van der Waals surface area (Å²) < 4.78 is 0. The summed E-state index contributed by atoms with van der Waals surface area (Å²) in [6, 6.07) is 13.3. The maximum Gasteiger partial charge on any atom is 0.243 e. The number of halogens is 2. The van der Waals surface area contributed by atoms with Gasteiger partial charge in [-0.15, -0.1) is 11.3 Å². The topological polar surface area (TPSA) is 182 Å². The number of hydrogen-bond acceptors (Lipinski definition) is 7. The Labute approximate surface area is 271 Å². The van der Waals surface area contributed by atoms with Crippen LogP contribution in [0.1, 0.15) is 35.3 Å². The van der Waals surface area contributed by atoms with Gasteiger partial charge in [-0.2, -0.15) is 0 Å². The third-order valence-electron chi connectivity index (χ3n) is 6.92. The van der Waals surface area contributed by atoms with Gasteiger partial charge in [0, 0.05) is 34.2 Å². The van der Waals surface area contributed by atoms with Crippen molar-refractivity contribution in [3.8, 4) is 0 Å². The van der Waals surface area contributed by atoms with E-state index in [1.54, 1.807) is 48.5 Å². The molecule has 0 fully saturated rings. The van der Waals surface area contributed by atoms with Gasteiger partial charge in [0.1, 0.15) is 18.1 Å². The molecule has 13 heteroatoms. The second kappa shape index (κ2) is 17.7. The SMILES string of the molecule is NCCCCC(N)C(=O)NC(Cc1ccc(Cl)cc1)C(=O)NC(Cc1ccc(Cl)cc1)C(=O)NC(Cc1cccs1)C(N)=O. The summed E-state index contributed by atoms with van der Waals surface area (Å²) >= 11 is 13.5. The number of thiophene rings is 1. The van der Waals surface area contributed by atoms with Crippen molar-refractivity contribution in [3.63, 3.8) is 0 Å². The van der Waals surface area contributed by atoms with E-state index in [0.717, 1.165) is 16.9 Å². The average molecular weight is 662 g/mol. The van der Waals surface area contributed by atoms with Crippen molar-refractivity contribution in [2.75, 3.05) is 6.54 Å². The summed E-state index contributed by atoms with van der Waals surface area (Å²) in [4.78, 5) is 53.5. The fourth-order valence-electron chi connectivity index (χ4n) is 4.45. The molecule has 0 saturated heterocycles. The second-order valence-corrected chi connectivity index (χ2v) is 12.3. The average Bonchev–Trinajstić information content (AvgIpc) is 3.51. The molecular formula is C31H38Cl2N6O4S. The minimum absolute atomic E-state index is 0.0828. The Morgan fingerprint density at radius 2 is 1.20 bits per heavy atom. The van der Waals surface area contributed by atoms with Crippen LogP contribution >= 0.6 is 34.5 Å². The van der Waals surface area contributed by atoms with E-state index in [0.29, 0.717) is 35.0 Å². The number of carbonyl (C=O) groups excluding carboxylic acids is 4. The van der Waals surface area contributed by atoms with Crippen LogP contribution in [0.4, 0.5) is 0 Å². The number of nitrogens with two attached hydrogens (primary N) is 3. The Morgan fingerprint density at radius 1 is 0.705 bits per heavy atom. The van der Waals surface area contributed by atoms with Crippen LogP contribution < -0.4 is 33.2 Å². The zero-order valence-electron chi connectivity index (χ0n) is 24.1. The highest BCUT2D eigenvalue weighted by molar-refractivity contribution is 7.09. The number of primary amides is 1. The zero-order valence-corrected chi connectivity index (χ0v) is 26.5. The molecule has 0 bridgehead atoms. The molecule has 1 aromatic heterocycles. The molecule has 0 aliphatic rings. The van der Waals surface area contributed by atoms with E-state index in [9.17, 15) is 19.2 Å². The summed E-state index contributed by atoms with van der Waals surface area (Å²) in [7, 11) is 0. The van der Waals surface area contributed by atoms with Crippen LogP contribution in [0.5, 0.6) is 0 Å². The molecule has 4 unspecified atom stereocenters. The van der Waals surface area contributed by atoms with Crippen LogP contribution in [0.25, 0.3) is 0 Å². The molecule has 9 N–H and O–H groups in total. The largest absolute Gasteiger partial charge is 0.368 e. The number of hydrogen-bond donors (Lipinski definition) is 6. The van der Waals surface area contributed by atoms with E-state index in [4.69, 9.17) is 40.4 Å². The van der Waals surface area contributed by atoms with Crippen LogP contribution in [0, 0.1) is 0 Å². The highest BCUT2D eigenvalue weighted by atomic mass is 35.5. The molecule has 236 valence electrons. The molecule has 10 nitrogen and oxygen atoms in total. The summed E-state index contributed by atoms with van der Waals surface area (Å²) in [6.07, 6.45) is 2.18. The van der Waals surface area contributed by atoms with E-state index in [-0.39, 0.29) is 19.3 Å². The molecule has 0 aliphatic heterocycles. The summed E-state index contributed by atoms with van der Waals surface area (Å²) in [5.74, 6) is -2.42. The van der Waals surface area contributed by atoms with Crippen molar-refractivity contribution in [3.05, 3.63) is 92.1 Å². The van der Waals surface area contributed by atoms with Crippen LogP contribution in [0.2, 0.25) is 10.0 Å². The van der Waals surface area contributed by atoms with Gasteiger partial charge in [-0.1, -0.05) is 60.0 Å². The fraction of sp³-hybridized carbons (Fsp3) is 0.355. The molecule has 3 aromatic rings. The molecule has 4 atom stereocenters. The molecule has 44 heavy (non-hydrogen) atoms. The molecule has 0 aliphatic carbocycles. The summed E-state index contributed by atoms with van der Waals surface area (Å²) in [5.41, 5.74) is 18.7. The number of carbonyl (C=O) groups is 4. The minimum Gasteiger partial charge on any atom is -0.368 e. The van der Waals surface area contributed by atoms with Gasteiger partial charge in [0.15, 0.2) is 0 Å². The van der Waals surface area contributed by atoms with Gasteiger partial charge >= 0.3 is 0 Å². The first-order chi connectivity index (χ1) is 21.0.